The van der Waals surface area contributed by atoms with Crippen LogP contribution in [0.3, 0.4) is 0 Å². The summed E-state index contributed by atoms with van der Waals surface area (Å²) in [6.07, 6.45) is -0.392. The zero-order chi connectivity index (χ0) is 12.5. The van der Waals surface area contributed by atoms with E-state index in [2.05, 4.69) is 10.0 Å². The van der Waals surface area contributed by atoms with Crippen LogP contribution in [0.2, 0.25) is 0 Å². The number of carbonyl (C=O) groups is 2. The number of carbonyl (C=O) groups excluding carboxylic acids is 2. The van der Waals surface area contributed by atoms with Gasteiger partial charge in [0.15, 0.2) is 11.2 Å². The van der Waals surface area contributed by atoms with Crippen LogP contribution in [0.1, 0.15) is 25.7 Å². The molecule has 1 saturated carbocycles. The number of Topliss-reactive ketones (excluding diaryl/α,β-unsaturated/α-hetero) is 1. The number of ether oxygens (including phenoxy) is 1. The summed E-state index contributed by atoms with van der Waals surface area (Å²) in [5.74, 6) is -0.886. The number of rotatable bonds is 4. The fourth-order valence-electron chi connectivity index (χ4n) is 2.60. The normalized spacial score (nSPS) is 35.4. The van der Waals surface area contributed by atoms with Gasteiger partial charge in [0, 0.05) is 17.9 Å². The summed E-state index contributed by atoms with van der Waals surface area (Å²) in [6.45, 7) is 0.205. The van der Waals surface area contributed by atoms with Gasteiger partial charge in [-0.2, -0.15) is 0 Å². The molecule has 92 valence electrons. The van der Waals surface area contributed by atoms with E-state index in [0.29, 0.717) is 12.8 Å². The Hall–Kier alpha value is -1.59. The van der Waals surface area contributed by atoms with Crippen LogP contribution in [-0.4, -0.2) is 35.6 Å². The molecule has 0 spiro atoms. The number of hydrogen-bond donors (Lipinski definition) is 1. The highest BCUT2D eigenvalue weighted by atomic mass is 16.6. The van der Waals surface area contributed by atoms with Gasteiger partial charge in [-0.25, -0.2) is 0 Å². The lowest BCUT2D eigenvalue weighted by atomic mass is 9.69. The fraction of sp³-hybridized carbons (Fsp3) is 0.800. The van der Waals surface area contributed by atoms with E-state index in [1.54, 1.807) is 0 Å². The molecule has 2 bridgehead atoms. The van der Waals surface area contributed by atoms with Gasteiger partial charge < -0.3 is 9.84 Å². The quantitative estimate of drug-likeness (QED) is 0.194. The molecule has 2 aliphatic rings. The lowest BCUT2D eigenvalue weighted by Crippen LogP contribution is -2.49. The summed E-state index contributed by atoms with van der Waals surface area (Å²) in [5, 5.41) is 13.3. The van der Waals surface area contributed by atoms with Crippen LogP contribution in [0, 0.1) is 5.41 Å². The Morgan fingerprint density at radius 3 is 3.06 bits per heavy atom. The second kappa shape index (κ2) is 4.35. The zero-order valence-electron chi connectivity index (χ0n) is 9.20. The van der Waals surface area contributed by atoms with Crippen LogP contribution < -0.4 is 0 Å². The van der Waals surface area contributed by atoms with Gasteiger partial charge in [0.25, 0.3) is 0 Å². The van der Waals surface area contributed by atoms with Gasteiger partial charge in [-0.3, -0.25) is 9.59 Å². The average molecular weight is 239 g/mol. The van der Waals surface area contributed by atoms with Crippen LogP contribution >= 0.6 is 0 Å². The predicted octanol–water partition coefficient (Wildman–Crippen LogP) is 0.712. The Labute approximate surface area is 97.4 Å². The molecule has 3 atom stereocenters. The molecule has 0 unspecified atom stereocenters. The molecule has 7 nitrogen and oxygen atoms in total. The fourth-order valence-corrected chi connectivity index (χ4v) is 2.60. The first-order valence-electron chi connectivity index (χ1n) is 5.56. The number of azide groups is 1. The highest BCUT2D eigenvalue weighted by molar-refractivity contribution is 6.07. The third kappa shape index (κ3) is 1.67. The highest BCUT2D eigenvalue weighted by Gasteiger charge is 2.63. The van der Waals surface area contributed by atoms with E-state index in [0.717, 1.165) is 0 Å². The number of aliphatic hydroxyl groups excluding tert-OH is 1. The molecule has 1 aliphatic carbocycles. The maximum Gasteiger partial charge on any atom is 0.322 e. The SMILES string of the molecule is [N-]=[N+]=NCCC[C@]12C(=O)CC[C@H](OC1=O)[C@H]2O. The Bertz CT molecular complexity index is 394. The van der Waals surface area contributed by atoms with Crippen molar-refractivity contribution in [3.63, 3.8) is 0 Å². The molecule has 0 aromatic heterocycles. The largest absolute Gasteiger partial charge is 0.459 e. The molecule has 0 aromatic rings. The van der Waals surface area contributed by atoms with E-state index in [1.807, 2.05) is 0 Å². The summed E-state index contributed by atoms with van der Waals surface area (Å²) < 4.78 is 5.02. The summed E-state index contributed by atoms with van der Waals surface area (Å²) >= 11 is 0. The van der Waals surface area contributed by atoms with Crippen molar-refractivity contribution in [2.45, 2.75) is 37.9 Å². The molecule has 1 saturated heterocycles. The highest BCUT2D eigenvalue weighted by Crippen LogP contribution is 2.45. The maximum atomic E-state index is 11.9. The van der Waals surface area contributed by atoms with Gasteiger partial charge in [0.2, 0.25) is 0 Å². The number of nitrogens with zero attached hydrogens (tertiary/aromatic N) is 3. The van der Waals surface area contributed by atoms with Gasteiger partial charge in [0.05, 0.1) is 0 Å². The average Bonchev–Trinajstić information content (AvgIpc) is 2.46. The number of fused-ring (bicyclic) bond motifs is 2. The molecule has 7 heteroatoms. The number of hydrogen-bond acceptors (Lipinski definition) is 5. The maximum absolute atomic E-state index is 11.9. The van der Waals surface area contributed by atoms with Gasteiger partial charge in [-0.15, -0.1) is 0 Å². The lowest BCUT2D eigenvalue weighted by Gasteiger charge is -2.31. The van der Waals surface area contributed by atoms with E-state index >= 15 is 0 Å². The van der Waals surface area contributed by atoms with Crippen molar-refractivity contribution in [2.75, 3.05) is 6.54 Å². The molecule has 0 amide bonds. The number of aliphatic hydroxyl groups is 1. The molecule has 2 rings (SSSR count). The van der Waals surface area contributed by atoms with E-state index in [4.69, 9.17) is 10.3 Å². The Balaban J connectivity index is 2.15. The van der Waals surface area contributed by atoms with Crippen molar-refractivity contribution in [3.8, 4) is 0 Å². The third-order valence-electron chi connectivity index (χ3n) is 3.53. The molecule has 17 heavy (non-hydrogen) atoms. The third-order valence-corrected chi connectivity index (χ3v) is 3.53. The van der Waals surface area contributed by atoms with Gasteiger partial charge >= 0.3 is 5.97 Å². The Morgan fingerprint density at radius 1 is 1.59 bits per heavy atom. The monoisotopic (exact) mass is 239 g/mol. The zero-order valence-corrected chi connectivity index (χ0v) is 9.20. The molecule has 0 radical (unpaired) electrons. The number of esters is 1. The minimum Gasteiger partial charge on any atom is -0.459 e. The van der Waals surface area contributed by atoms with Crippen molar-refractivity contribution >= 4 is 11.8 Å². The summed E-state index contributed by atoms with van der Waals surface area (Å²) in [7, 11) is 0. The van der Waals surface area contributed by atoms with Crippen molar-refractivity contribution in [3.05, 3.63) is 10.4 Å². The Morgan fingerprint density at radius 2 is 2.35 bits per heavy atom. The second-order valence-corrected chi connectivity index (χ2v) is 4.38. The van der Waals surface area contributed by atoms with E-state index in [1.165, 1.54) is 0 Å². The van der Waals surface area contributed by atoms with Crippen LogP contribution in [0.4, 0.5) is 0 Å². The van der Waals surface area contributed by atoms with E-state index in [-0.39, 0.29) is 25.2 Å². The Kier molecular flexibility index (Phi) is 3.04. The van der Waals surface area contributed by atoms with Crippen molar-refractivity contribution < 1.29 is 19.4 Å². The first-order valence-corrected chi connectivity index (χ1v) is 5.56. The molecular formula is C10H13N3O4. The van der Waals surface area contributed by atoms with Gasteiger partial charge in [-0.05, 0) is 24.8 Å². The molecule has 2 fully saturated rings. The number of ketones is 1. The van der Waals surface area contributed by atoms with Gasteiger partial charge in [0.1, 0.15) is 12.2 Å². The minimum absolute atomic E-state index is 0.182. The first kappa shape index (κ1) is 11.9. The van der Waals surface area contributed by atoms with Crippen molar-refractivity contribution in [2.24, 2.45) is 10.5 Å². The first-order chi connectivity index (χ1) is 8.13. The smallest absolute Gasteiger partial charge is 0.322 e. The summed E-state index contributed by atoms with van der Waals surface area (Å²) in [6, 6.07) is 0. The molecule has 1 aliphatic heterocycles. The summed E-state index contributed by atoms with van der Waals surface area (Å²) in [4.78, 5) is 26.2. The summed E-state index contributed by atoms with van der Waals surface area (Å²) in [5.41, 5.74) is 6.73. The minimum atomic E-state index is -1.41. The molecule has 1 N–H and O–H groups in total. The van der Waals surface area contributed by atoms with Crippen LogP contribution in [-0.2, 0) is 14.3 Å². The second-order valence-electron chi connectivity index (χ2n) is 4.38. The lowest BCUT2D eigenvalue weighted by molar-refractivity contribution is -0.153. The van der Waals surface area contributed by atoms with Gasteiger partial charge in [-0.1, -0.05) is 5.11 Å². The van der Waals surface area contributed by atoms with Crippen LogP contribution in [0.15, 0.2) is 5.11 Å². The molecule has 1 heterocycles. The topological polar surface area (TPSA) is 112 Å². The van der Waals surface area contributed by atoms with Crippen molar-refractivity contribution in [1.82, 2.24) is 0 Å². The predicted molar refractivity (Wildman–Crippen MR) is 55.8 cm³/mol. The van der Waals surface area contributed by atoms with Crippen molar-refractivity contribution in [1.29, 1.82) is 0 Å². The standard InChI is InChI=1S/C10H13N3O4/c11-13-12-5-1-4-10-7(14)3-2-6(8(10)15)17-9(10)16/h6,8,15H,1-5H2/t6-,8+,10+/m0/s1. The van der Waals surface area contributed by atoms with Crippen LogP contribution in [0.25, 0.3) is 10.4 Å². The van der Waals surface area contributed by atoms with Crippen LogP contribution in [0.5, 0.6) is 0 Å². The molecule has 0 aromatic carbocycles. The molecular weight excluding hydrogens is 226 g/mol. The van der Waals surface area contributed by atoms with E-state index in [9.17, 15) is 14.7 Å². The van der Waals surface area contributed by atoms with E-state index < -0.39 is 23.6 Å².